The minimum absolute atomic E-state index is 0.221. The number of hydrogen-bond donors (Lipinski definition) is 2. The summed E-state index contributed by atoms with van der Waals surface area (Å²) in [7, 11) is 0. The number of rotatable bonds is 6. The molecule has 0 atom stereocenters. The molecule has 2 aromatic rings. The molecule has 120 valence electrons. The molecule has 0 saturated heterocycles. The lowest BCUT2D eigenvalue weighted by molar-refractivity contribution is -0.146. The van der Waals surface area contributed by atoms with Crippen LogP contribution in [-0.2, 0) is 14.3 Å². The number of carbonyl (C=O) groups excluding carboxylic acids is 3. The molecule has 1 aromatic heterocycles. The molecule has 0 fully saturated rings. The van der Waals surface area contributed by atoms with Crippen LogP contribution in [0.5, 0.6) is 0 Å². The molecule has 2 N–H and O–H groups in total. The van der Waals surface area contributed by atoms with Crippen molar-refractivity contribution in [2.45, 2.75) is 6.92 Å². The van der Waals surface area contributed by atoms with Gasteiger partial charge in [-0.05, 0) is 18.6 Å². The largest absolute Gasteiger partial charge is 0.454 e. The van der Waals surface area contributed by atoms with Gasteiger partial charge in [-0.3, -0.25) is 14.4 Å². The Bertz CT molecular complexity index is 697. The van der Waals surface area contributed by atoms with Gasteiger partial charge in [0.15, 0.2) is 12.4 Å². The van der Waals surface area contributed by atoms with Gasteiger partial charge in [0.25, 0.3) is 11.8 Å². The summed E-state index contributed by atoms with van der Waals surface area (Å²) in [4.78, 5) is 34.9. The Hall–Kier alpha value is -3.16. The normalized spacial score (nSPS) is 9.96. The van der Waals surface area contributed by atoms with E-state index in [-0.39, 0.29) is 18.3 Å². The second-order valence-corrected chi connectivity index (χ2v) is 4.59. The highest BCUT2D eigenvalue weighted by molar-refractivity contribution is 5.97. The fourth-order valence-corrected chi connectivity index (χ4v) is 1.73. The van der Waals surface area contributed by atoms with Crippen LogP contribution in [0.1, 0.15) is 15.9 Å². The fourth-order valence-electron chi connectivity index (χ4n) is 1.73. The van der Waals surface area contributed by atoms with Gasteiger partial charge in [-0.15, -0.1) is 0 Å². The van der Waals surface area contributed by atoms with E-state index in [1.54, 1.807) is 25.1 Å². The lowest BCUT2D eigenvalue weighted by Gasteiger charge is -2.07. The molecule has 23 heavy (non-hydrogen) atoms. The van der Waals surface area contributed by atoms with Gasteiger partial charge in [0, 0.05) is 11.6 Å². The molecule has 0 aliphatic rings. The number of benzene rings is 1. The van der Waals surface area contributed by atoms with Crippen LogP contribution in [0.4, 0.5) is 5.82 Å². The van der Waals surface area contributed by atoms with Crippen LogP contribution < -0.4 is 10.6 Å². The summed E-state index contributed by atoms with van der Waals surface area (Å²) in [6.45, 7) is 0.984. The number of nitrogens with one attached hydrogen (secondary N) is 2. The maximum absolute atomic E-state index is 11.9. The first-order valence-electron chi connectivity index (χ1n) is 6.76. The minimum Gasteiger partial charge on any atom is -0.454 e. The number of amides is 2. The molecule has 0 aliphatic carbocycles. The third kappa shape index (κ3) is 4.95. The zero-order valence-electron chi connectivity index (χ0n) is 12.4. The Labute approximate surface area is 131 Å². The topological polar surface area (TPSA) is 111 Å². The Morgan fingerprint density at radius 3 is 2.70 bits per heavy atom. The van der Waals surface area contributed by atoms with Crippen molar-refractivity contribution in [2.75, 3.05) is 18.5 Å². The molecule has 0 radical (unpaired) electrons. The fraction of sp³-hybridized carbons (Fsp3) is 0.200. The minimum atomic E-state index is -0.720. The molecular formula is C15H15N3O5. The third-order valence-electron chi connectivity index (χ3n) is 2.85. The van der Waals surface area contributed by atoms with Crippen molar-refractivity contribution in [3.05, 3.63) is 47.7 Å². The molecule has 0 saturated carbocycles. The molecule has 0 bridgehead atoms. The van der Waals surface area contributed by atoms with E-state index in [0.717, 1.165) is 5.56 Å². The number of aromatic nitrogens is 1. The Morgan fingerprint density at radius 2 is 2.00 bits per heavy atom. The number of carbonyl (C=O) groups is 3. The van der Waals surface area contributed by atoms with Crippen molar-refractivity contribution in [3.63, 3.8) is 0 Å². The molecule has 1 heterocycles. The van der Waals surface area contributed by atoms with Crippen LogP contribution in [0.25, 0.3) is 0 Å². The van der Waals surface area contributed by atoms with Crippen molar-refractivity contribution < 1.29 is 23.6 Å². The van der Waals surface area contributed by atoms with Crippen molar-refractivity contribution in [1.29, 1.82) is 0 Å². The monoisotopic (exact) mass is 317 g/mol. The summed E-state index contributed by atoms with van der Waals surface area (Å²) in [6.07, 6.45) is 1.29. The predicted molar refractivity (Wildman–Crippen MR) is 79.6 cm³/mol. The first-order chi connectivity index (χ1) is 11.1. The van der Waals surface area contributed by atoms with Crippen molar-refractivity contribution in [3.8, 4) is 0 Å². The average molecular weight is 317 g/mol. The Morgan fingerprint density at radius 1 is 1.22 bits per heavy atom. The van der Waals surface area contributed by atoms with Crippen LogP contribution in [0.3, 0.4) is 0 Å². The van der Waals surface area contributed by atoms with Crippen molar-refractivity contribution in [1.82, 2.24) is 10.5 Å². The standard InChI is InChI=1S/C15H15N3O5/c1-10-4-2-3-5-11(10)15(21)16-8-14(20)22-9-13(19)17-12-6-7-23-18-12/h2-7H,8-9H2,1H3,(H,16,21)(H,17,18,19). The van der Waals surface area contributed by atoms with Crippen LogP contribution in [-0.4, -0.2) is 36.1 Å². The first-order valence-corrected chi connectivity index (χ1v) is 6.76. The van der Waals surface area contributed by atoms with Crippen LogP contribution in [0, 0.1) is 6.92 Å². The number of anilines is 1. The van der Waals surface area contributed by atoms with E-state index in [9.17, 15) is 14.4 Å². The van der Waals surface area contributed by atoms with Crippen molar-refractivity contribution >= 4 is 23.6 Å². The van der Waals surface area contributed by atoms with Gasteiger partial charge in [-0.25, -0.2) is 0 Å². The highest BCUT2D eigenvalue weighted by atomic mass is 16.5. The van der Waals surface area contributed by atoms with Gasteiger partial charge < -0.3 is 19.9 Å². The lowest BCUT2D eigenvalue weighted by Crippen LogP contribution is -2.32. The van der Waals surface area contributed by atoms with Gasteiger partial charge in [-0.2, -0.15) is 0 Å². The van der Waals surface area contributed by atoms with Gasteiger partial charge in [0.2, 0.25) is 0 Å². The molecule has 2 rings (SSSR count). The van der Waals surface area contributed by atoms with Gasteiger partial charge in [0.1, 0.15) is 12.8 Å². The van der Waals surface area contributed by atoms with E-state index in [1.165, 1.54) is 12.3 Å². The smallest absolute Gasteiger partial charge is 0.325 e. The number of aryl methyl sites for hydroxylation is 1. The molecule has 1 aromatic carbocycles. The first kappa shape index (κ1) is 16.2. The SMILES string of the molecule is Cc1ccccc1C(=O)NCC(=O)OCC(=O)Nc1ccon1. The highest BCUT2D eigenvalue weighted by Gasteiger charge is 2.12. The predicted octanol–water partition coefficient (Wildman–Crippen LogP) is 0.895. The number of hydrogen-bond acceptors (Lipinski definition) is 6. The van der Waals surface area contributed by atoms with E-state index >= 15 is 0 Å². The van der Waals surface area contributed by atoms with Crippen LogP contribution in [0.2, 0.25) is 0 Å². The zero-order chi connectivity index (χ0) is 16.7. The summed E-state index contributed by atoms with van der Waals surface area (Å²) >= 11 is 0. The number of ether oxygens (including phenoxy) is 1. The maximum Gasteiger partial charge on any atom is 0.325 e. The quantitative estimate of drug-likeness (QED) is 0.766. The zero-order valence-corrected chi connectivity index (χ0v) is 12.4. The molecule has 8 nitrogen and oxygen atoms in total. The Kier molecular flexibility index (Phi) is 5.45. The van der Waals surface area contributed by atoms with E-state index in [1.807, 2.05) is 6.07 Å². The molecule has 0 spiro atoms. The summed E-state index contributed by atoms with van der Waals surface area (Å²) < 4.78 is 9.28. The maximum atomic E-state index is 11.9. The van der Waals surface area contributed by atoms with E-state index in [4.69, 9.17) is 4.74 Å². The third-order valence-corrected chi connectivity index (χ3v) is 2.85. The highest BCUT2D eigenvalue weighted by Crippen LogP contribution is 2.06. The lowest BCUT2D eigenvalue weighted by atomic mass is 10.1. The summed E-state index contributed by atoms with van der Waals surface area (Å²) in [6, 6.07) is 8.44. The molecule has 0 aliphatic heterocycles. The van der Waals surface area contributed by atoms with E-state index in [0.29, 0.717) is 5.56 Å². The molecule has 0 unspecified atom stereocenters. The van der Waals surface area contributed by atoms with Crippen LogP contribution in [0.15, 0.2) is 41.1 Å². The van der Waals surface area contributed by atoms with Crippen molar-refractivity contribution in [2.24, 2.45) is 0 Å². The summed E-state index contributed by atoms with van der Waals surface area (Å²) in [5.41, 5.74) is 1.27. The summed E-state index contributed by atoms with van der Waals surface area (Å²) in [5.74, 6) is -1.44. The summed E-state index contributed by atoms with van der Waals surface area (Å²) in [5, 5.41) is 8.28. The molecule has 8 heteroatoms. The molecular weight excluding hydrogens is 302 g/mol. The van der Waals surface area contributed by atoms with Gasteiger partial charge >= 0.3 is 5.97 Å². The second-order valence-electron chi connectivity index (χ2n) is 4.59. The van der Waals surface area contributed by atoms with E-state index < -0.39 is 18.5 Å². The molecule has 2 amide bonds. The number of nitrogens with zero attached hydrogens (tertiary/aromatic N) is 1. The number of esters is 1. The average Bonchev–Trinajstić information content (AvgIpc) is 3.04. The van der Waals surface area contributed by atoms with Crippen LogP contribution >= 0.6 is 0 Å². The Balaban J connectivity index is 1.72. The van der Waals surface area contributed by atoms with E-state index in [2.05, 4.69) is 20.3 Å². The second kappa shape index (κ2) is 7.74. The van der Waals surface area contributed by atoms with Gasteiger partial charge in [0.05, 0.1) is 0 Å². The van der Waals surface area contributed by atoms with Gasteiger partial charge in [-0.1, -0.05) is 23.4 Å².